The number of aliphatic hydroxyl groups excluding tert-OH is 1. The maximum absolute atomic E-state index is 10.3. The Hall–Kier alpha value is -2.36. The number of nitrogens with one attached hydrogen (secondary N) is 1. The highest BCUT2D eigenvalue weighted by atomic mass is 16.3. The van der Waals surface area contributed by atoms with Crippen LogP contribution in [-0.2, 0) is 13.1 Å². The van der Waals surface area contributed by atoms with Crippen molar-refractivity contribution >= 4 is 5.65 Å². The number of aromatic nitrogens is 6. The Bertz CT molecular complexity index is 786. The molecule has 2 N–H and O–H groups in total. The van der Waals surface area contributed by atoms with Gasteiger partial charge in [0.25, 0.3) is 0 Å². The number of rotatable bonds is 4. The van der Waals surface area contributed by atoms with Gasteiger partial charge in [0.15, 0.2) is 5.65 Å². The molecule has 126 valence electrons. The Labute approximate surface area is 138 Å². The van der Waals surface area contributed by atoms with Crippen LogP contribution in [-0.4, -0.2) is 77.2 Å². The Kier molecular flexibility index (Phi) is 4.20. The van der Waals surface area contributed by atoms with E-state index in [0.29, 0.717) is 19.6 Å². The number of hydrogen-bond acceptors (Lipinski definition) is 7. The first-order chi connectivity index (χ1) is 11.8. The maximum Gasteiger partial charge on any atom is 0.159 e. The quantitative estimate of drug-likeness (QED) is 0.668. The third kappa shape index (κ3) is 3.28. The zero-order valence-electron chi connectivity index (χ0n) is 13.3. The molecular formula is C15H20N8O. The van der Waals surface area contributed by atoms with Gasteiger partial charge in [-0.25, -0.2) is 9.50 Å². The van der Waals surface area contributed by atoms with Gasteiger partial charge in [-0.15, -0.1) is 0 Å². The van der Waals surface area contributed by atoms with E-state index in [-0.39, 0.29) is 0 Å². The molecule has 4 rings (SSSR count). The summed E-state index contributed by atoms with van der Waals surface area (Å²) in [7, 11) is 0. The average Bonchev–Trinajstić information content (AvgIpc) is 3.18. The normalized spacial score (nSPS) is 20.5. The second-order valence-corrected chi connectivity index (χ2v) is 6.14. The molecule has 0 bridgehead atoms. The number of fused-ring (bicyclic) bond motifs is 1. The molecule has 9 nitrogen and oxygen atoms in total. The van der Waals surface area contributed by atoms with Gasteiger partial charge in [0.2, 0.25) is 0 Å². The van der Waals surface area contributed by atoms with Gasteiger partial charge in [-0.3, -0.25) is 9.80 Å². The van der Waals surface area contributed by atoms with Gasteiger partial charge in [0.05, 0.1) is 24.2 Å². The molecule has 1 atom stereocenters. The number of aromatic amines is 1. The molecule has 24 heavy (non-hydrogen) atoms. The Morgan fingerprint density at radius 3 is 2.79 bits per heavy atom. The summed E-state index contributed by atoms with van der Waals surface area (Å²) in [6.07, 6.45) is 6.85. The van der Waals surface area contributed by atoms with Gasteiger partial charge >= 0.3 is 0 Å². The van der Waals surface area contributed by atoms with E-state index in [1.54, 1.807) is 16.9 Å². The number of H-pyrrole nitrogens is 1. The van der Waals surface area contributed by atoms with Crippen molar-refractivity contribution in [2.45, 2.75) is 19.2 Å². The van der Waals surface area contributed by atoms with Crippen molar-refractivity contribution in [3.63, 3.8) is 0 Å². The van der Waals surface area contributed by atoms with Gasteiger partial charge in [0, 0.05) is 57.2 Å². The van der Waals surface area contributed by atoms with Crippen molar-refractivity contribution in [1.82, 2.24) is 39.8 Å². The standard InChI is InChI=1S/C15H20N8O/c24-14-10-21(4-5-22(11-14)9-13-7-17-20-19-13)8-12-6-18-23-3-1-2-16-15(12)23/h1-3,6-7,14,24H,4-5,8-11H2,(H,17,19,20). The lowest BCUT2D eigenvalue weighted by Crippen LogP contribution is -2.33. The van der Waals surface area contributed by atoms with Crippen LogP contribution in [0.15, 0.2) is 30.9 Å². The number of hydrogen-bond donors (Lipinski definition) is 2. The largest absolute Gasteiger partial charge is 0.390 e. The van der Waals surface area contributed by atoms with E-state index in [1.807, 2.05) is 18.5 Å². The fourth-order valence-electron chi connectivity index (χ4n) is 3.17. The highest BCUT2D eigenvalue weighted by Crippen LogP contribution is 2.13. The van der Waals surface area contributed by atoms with Crippen molar-refractivity contribution in [2.75, 3.05) is 26.2 Å². The predicted molar refractivity (Wildman–Crippen MR) is 85.9 cm³/mol. The van der Waals surface area contributed by atoms with Crippen molar-refractivity contribution < 1.29 is 5.11 Å². The van der Waals surface area contributed by atoms with Crippen LogP contribution < -0.4 is 0 Å². The second kappa shape index (κ2) is 6.63. The Morgan fingerprint density at radius 1 is 1.17 bits per heavy atom. The predicted octanol–water partition coefficient (Wildman–Crippen LogP) is -0.474. The summed E-state index contributed by atoms with van der Waals surface area (Å²) in [4.78, 5) is 8.85. The topological polar surface area (TPSA) is 98.5 Å². The van der Waals surface area contributed by atoms with Crippen molar-refractivity contribution in [2.24, 2.45) is 0 Å². The van der Waals surface area contributed by atoms with E-state index in [0.717, 1.165) is 36.5 Å². The summed E-state index contributed by atoms with van der Waals surface area (Å²) >= 11 is 0. The molecule has 3 aromatic heterocycles. The van der Waals surface area contributed by atoms with Gasteiger partial charge in [-0.1, -0.05) is 0 Å². The Morgan fingerprint density at radius 2 is 2.00 bits per heavy atom. The third-order valence-electron chi connectivity index (χ3n) is 4.27. The van der Waals surface area contributed by atoms with E-state index < -0.39 is 6.10 Å². The molecule has 0 aromatic carbocycles. The van der Waals surface area contributed by atoms with Crippen LogP contribution in [0.4, 0.5) is 0 Å². The summed E-state index contributed by atoms with van der Waals surface area (Å²) in [6, 6.07) is 1.86. The van der Waals surface area contributed by atoms with E-state index in [1.165, 1.54) is 0 Å². The molecule has 0 aliphatic carbocycles. The average molecular weight is 328 g/mol. The molecule has 1 fully saturated rings. The first kappa shape index (κ1) is 15.2. The van der Waals surface area contributed by atoms with Crippen LogP contribution >= 0.6 is 0 Å². The zero-order valence-corrected chi connectivity index (χ0v) is 13.3. The van der Waals surface area contributed by atoms with Crippen LogP contribution in [0, 0.1) is 0 Å². The molecular weight excluding hydrogens is 308 g/mol. The summed E-state index contributed by atoms with van der Waals surface area (Å²) in [6.45, 7) is 4.44. The number of aliphatic hydroxyl groups is 1. The molecule has 0 radical (unpaired) electrons. The smallest absolute Gasteiger partial charge is 0.159 e. The molecule has 1 unspecified atom stereocenters. The lowest BCUT2D eigenvalue weighted by atomic mass is 10.2. The summed E-state index contributed by atoms with van der Waals surface area (Å²) in [5.41, 5.74) is 2.84. The zero-order chi connectivity index (χ0) is 16.4. The molecule has 4 heterocycles. The lowest BCUT2D eigenvalue weighted by Gasteiger charge is -2.20. The molecule has 9 heteroatoms. The number of nitrogens with zero attached hydrogens (tertiary/aromatic N) is 7. The fourth-order valence-corrected chi connectivity index (χ4v) is 3.17. The molecule has 0 amide bonds. The van der Waals surface area contributed by atoms with Gasteiger partial charge < -0.3 is 5.11 Å². The highest BCUT2D eigenvalue weighted by molar-refractivity contribution is 5.45. The summed E-state index contributed by atoms with van der Waals surface area (Å²) in [5, 5.41) is 25.2. The SMILES string of the molecule is OC1CN(Cc2cn[nH]n2)CCN(Cc2cnn3cccnc23)C1. The minimum Gasteiger partial charge on any atom is -0.390 e. The van der Waals surface area contributed by atoms with E-state index >= 15 is 0 Å². The highest BCUT2D eigenvalue weighted by Gasteiger charge is 2.22. The number of β-amino-alcohol motifs (C(OH)–C–C–N with tert-alkyl or cyclic N) is 1. The molecule has 1 aliphatic heterocycles. The summed E-state index contributed by atoms with van der Waals surface area (Å²) in [5.74, 6) is 0. The van der Waals surface area contributed by atoms with Crippen LogP contribution in [0.25, 0.3) is 5.65 Å². The fraction of sp³-hybridized carbons (Fsp3) is 0.467. The molecule has 1 saturated heterocycles. The van der Waals surface area contributed by atoms with Gasteiger partial charge in [0.1, 0.15) is 0 Å². The Balaban J connectivity index is 1.43. The molecule has 0 saturated carbocycles. The van der Waals surface area contributed by atoms with Crippen LogP contribution in [0.5, 0.6) is 0 Å². The third-order valence-corrected chi connectivity index (χ3v) is 4.27. The molecule has 1 aliphatic rings. The first-order valence-electron chi connectivity index (χ1n) is 8.02. The monoisotopic (exact) mass is 328 g/mol. The minimum atomic E-state index is -0.394. The summed E-state index contributed by atoms with van der Waals surface area (Å²) < 4.78 is 1.78. The van der Waals surface area contributed by atoms with Crippen LogP contribution in [0.2, 0.25) is 0 Å². The van der Waals surface area contributed by atoms with Crippen molar-refractivity contribution in [3.05, 3.63) is 42.1 Å². The van der Waals surface area contributed by atoms with Crippen molar-refractivity contribution in [3.8, 4) is 0 Å². The van der Waals surface area contributed by atoms with Crippen molar-refractivity contribution in [1.29, 1.82) is 0 Å². The van der Waals surface area contributed by atoms with Crippen LogP contribution in [0.1, 0.15) is 11.3 Å². The lowest BCUT2D eigenvalue weighted by molar-refractivity contribution is 0.105. The molecule has 0 spiro atoms. The minimum absolute atomic E-state index is 0.394. The first-order valence-corrected chi connectivity index (χ1v) is 8.02. The van der Waals surface area contributed by atoms with Gasteiger partial charge in [-0.05, 0) is 6.07 Å². The van der Waals surface area contributed by atoms with E-state index in [4.69, 9.17) is 0 Å². The maximum atomic E-state index is 10.3. The van der Waals surface area contributed by atoms with E-state index in [9.17, 15) is 5.11 Å². The van der Waals surface area contributed by atoms with Crippen LogP contribution in [0.3, 0.4) is 0 Å². The molecule has 3 aromatic rings. The van der Waals surface area contributed by atoms with E-state index in [2.05, 4.69) is 35.3 Å². The van der Waals surface area contributed by atoms with Gasteiger partial charge in [-0.2, -0.15) is 20.5 Å². The second-order valence-electron chi connectivity index (χ2n) is 6.14.